The van der Waals surface area contributed by atoms with E-state index in [1.165, 1.54) is 4.68 Å². The van der Waals surface area contributed by atoms with Gasteiger partial charge in [0.2, 0.25) is 5.91 Å². The Morgan fingerprint density at radius 2 is 2.00 bits per heavy atom. The number of carbonyl (C=O) groups is 1. The Labute approximate surface area is 150 Å². The zero-order valence-electron chi connectivity index (χ0n) is 14.2. The smallest absolute Gasteiger partial charge is 0.345 e. The standard InChI is InChI=1S/C18H21ClN4O2/c1-22-17(25)23-11-8-14(6-7-15(23)21-22)20-16(24)18(9-10-18)12-2-4-13(19)5-3-12/h2-5,14H,6-11H2,1H3,(H,20,24). The Bertz CT molecular complexity index is 864. The van der Waals surface area contributed by atoms with Crippen LogP contribution in [0, 0.1) is 0 Å². The molecule has 2 aromatic rings. The molecule has 6 nitrogen and oxygen atoms in total. The van der Waals surface area contributed by atoms with Gasteiger partial charge >= 0.3 is 5.69 Å². The van der Waals surface area contributed by atoms with Crippen LogP contribution in [0.4, 0.5) is 0 Å². The summed E-state index contributed by atoms with van der Waals surface area (Å²) in [5, 5.41) is 8.18. The van der Waals surface area contributed by atoms with Gasteiger partial charge in [0.25, 0.3) is 0 Å². The van der Waals surface area contributed by atoms with Crippen molar-refractivity contribution in [3.05, 3.63) is 51.2 Å². The van der Waals surface area contributed by atoms with E-state index in [2.05, 4.69) is 10.4 Å². The lowest BCUT2D eigenvalue weighted by Gasteiger charge is -2.21. The van der Waals surface area contributed by atoms with Gasteiger partial charge in [-0.2, -0.15) is 5.10 Å². The van der Waals surface area contributed by atoms with Crippen molar-refractivity contribution in [1.82, 2.24) is 19.7 Å². The zero-order valence-corrected chi connectivity index (χ0v) is 14.9. The van der Waals surface area contributed by atoms with Crippen LogP contribution in [0.15, 0.2) is 29.1 Å². The Morgan fingerprint density at radius 3 is 2.68 bits per heavy atom. The lowest BCUT2D eigenvalue weighted by Crippen LogP contribution is -2.42. The van der Waals surface area contributed by atoms with Crippen LogP contribution in [0.3, 0.4) is 0 Å². The molecule has 1 N–H and O–H groups in total. The second kappa shape index (κ2) is 6.02. The number of aryl methyl sites for hydroxylation is 2. The highest BCUT2D eigenvalue weighted by Gasteiger charge is 2.51. The number of rotatable bonds is 3. The maximum Gasteiger partial charge on any atom is 0.345 e. The van der Waals surface area contributed by atoms with Crippen molar-refractivity contribution in [2.24, 2.45) is 7.05 Å². The van der Waals surface area contributed by atoms with Crippen molar-refractivity contribution < 1.29 is 4.79 Å². The molecule has 132 valence electrons. The van der Waals surface area contributed by atoms with E-state index in [4.69, 9.17) is 11.6 Å². The van der Waals surface area contributed by atoms with Crippen molar-refractivity contribution in [1.29, 1.82) is 0 Å². The minimum atomic E-state index is -0.402. The Hall–Kier alpha value is -2.08. The van der Waals surface area contributed by atoms with Crippen molar-refractivity contribution in [3.63, 3.8) is 0 Å². The molecule has 2 heterocycles. The summed E-state index contributed by atoms with van der Waals surface area (Å²) in [6.07, 6.45) is 4.00. The molecule has 25 heavy (non-hydrogen) atoms. The molecular weight excluding hydrogens is 340 g/mol. The van der Waals surface area contributed by atoms with Crippen LogP contribution in [0.5, 0.6) is 0 Å². The van der Waals surface area contributed by atoms with Gasteiger partial charge in [-0.1, -0.05) is 23.7 Å². The fourth-order valence-corrected chi connectivity index (χ4v) is 3.83. The van der Waals surface area contributed by atoms with Gasteiger partial charge in [0.05, 0.1) is 5.41 Å². The van der Waals surface area contributed by atoms with Crippen LogP contribution >= 0.6 is 11.6 Å². The maximum absolute atomic E-state index is 12.9. The summed E-state index contributed by atoms with van der Waals surface area (Å²) in [5.41, 5.74) is 0.548. The molecule has 4 rings (SSSR count). The Morgan fingerprint density at radius 1 is 1.28 bits per heavy atom. The molecule has 0 saturated heterocycles. The zero-order chi connectivity index (χ0) is 17.6. The third-order valence-electron chi connectivity index (χ3n) is 5.42. The molecule has 7 heteroatoms. The third kappa shape index (κ3) is 2.88. The summed E-state index contributed by atoms with van der Waals surface area (Å²) in [6, 6.07) is 7.64. The van der Waals surface area contributed by atoms with E-state index in [0.29, 0.717) is 18.0 Å². The minimum Gasteiger partial charge on any atom is -0.353 e. The van der Waals surface area contributed by atoms with Crippen LogP contribution in [0.25, 0.3) is 0 Å². The van der Waals surface area contributed by atoms with Crippen molar-refractivity contribution in [2.45, 2.75) is 50.1 Å². The first kappa shape index (κ1) is 16.4. The number of benzene rings is 1. The quantitative estimate of drug-likeness (QED) is 0.907. The topological polar surface area (TPSA) is 68.9 Å². The molecule has 1 amide bonds. The first-order valence-corrected chi connectivity index (χ1v) is 9.07. The van der Waals surface area contributed by atoms with E-state index in [1.807, 2.05) is 24.3 Å². The number of aromatic nitrogens is 3. The summed E-state index contributed by atoms with van der Waals surface area (Å²) >= 11 is 5.96. The number of nitrogens with zero attached hydrogens (tertiary/aromatic N) is 3. The number of fused-ring (bicyclic) bond motifs is 1. The first-order valence-electron chi connectivity index (χ1n) is 8.69. The van der Waals surface area contributed by atoms with Crippen LogP contribution in [0.1, 0.15) is 37.1 Å². The number of amides is 1. The number of carbonyl (C=O) groups excluding carboxylic acids is 1. The molecule has 1 saturated carbocycles. The lowest BCUT2D eigenvalue weighted by molar-refractivity contribution is -0.124. The number of hydrogen-bond donors (Lipinski definition) is 1. The lowest BCUT2D eigenvalue weighted by atomic mass is 9.94. The van der Waals surface area contributed by atoms with Gasteiger partial charge < -0.3 is 5.32 Å². The van der Waals surface area contributed by atoms with Gasteiger partial charge in [-0.25, -0.2) is 9.48 Å². The second-order valence-electron chi connectivity index (χ2n) is 7.06. The molecule has 1 unspecified atom stereocenters. The molecule has 1 aliphatic heterocycles. The van der Waals surface area contributed by atoms with E-state index >= 15 is 0 Å². The molecule has 1 aromatic carbocycles. The predicted octanol–water partition coefficient (Wildman–Crippen LogP) is 1.79. The highest BCUT2D eigenvalue weighted by atomic mass is 35.5. The molecule has 1 atom stereocenters. The van der Waals surface area contributed by atoms with Gasteiger partial charge in [-0.15, -0.1) is 0 Å². The average Bonchev–Trinajstić information content (AvgIpc) is 3.37. The molecule has 1 aromatic heterocycles. The number of hydrogen-bond acceptors (Lipinski definition) is 3. The second-order valence-corrected chi connectivity index (χ2v) is 7.50. The first-order chi connectivity index (χ1) is 12.0. The van der Waals surface area contributed by atoms with Gasteiger partial charge in [-0.3, -0.25) is 9.36 Å². The molecule has 1 aliphatic carbocycles. The summed E-state index contributed by atoms with van der Waals surface area (Å²) < 4.78 is 3.10. The monoisotopic (exact) mass is 360 g/mol. The van der Waals surface area contributed by atoms with Gasteiger partial charge in [-0.05, 0) is 43.4 Å². The maximum atomic E-state index is 12.9. The molecule has 0 spiro atoms. The highest BCUT2D eigenvalue weighted by Crippen LogP contribution is 2.48. The average molecular weight is 361 g/mol. The van der Waals surface area contributed by atoms with E-state index in [1.54, 1.807) is 11.6 Å². The van der Waals surface area contributed by atoms with Crippen molar-refractivity contribution in [3.8, 4) is 0 Å². The summed E-state index contributed by atoms with van der Waals surface area (Å²) in [7, 11) is 1.67. The van der Waals surface area contributed by atoms with Crippen LogP contribution < -0.4 is 11.0 Å². The summed E-state index contributed by atoms with van der Waals surface area (Å²) in [5.74, 6) is 0.898. The van der Waals surface area contributed by atoms with Gasteiger partial charge in [0.15, 0.2) is 0 Å². The fraction of sp³-hybridized carbons (Fsp3) is 0.500. The Balaban J connectivity index is 1.45. The predicted molar refractivity (Wildman–Crippen MR) is 94.7 cm³/mol. The van der Waals surface area contributed by atoms with Gasteiger partial charge in [0.1, 0.15) is 5.82 Å². The van der Waals surface area contributed by atoms with Crippen LogP contribution in [-0.2, 0) is 30.2 Å². The van der Waals surface area contributed by atoms with E-state index in [-0.39, 0.29) is 17.6 Å². The van der Waals surface area contributed by atoms with E-state index in [9.17, 15) is 9.59 Å². The SMILES string of the molecule is Cn1nc2n(c1=O)CCC(NC(=O)C1(c3ccc(Cl)cc3)CC1)CC2. The molecular formula is C18H21ClN4O2. The molecule has 0 radical (unpaired) electrons. The Kier molecular flexibility index (Phi) is 3.95. The fourth-order valence-electron chi connectivity index (χ4n) is 3.71. The number of halogens is 1. The normalized spacial score (nSPS) is 21.3. The van der Waals surface area contributed by atoms with Crippen molar-refractivity contribution >= 4 is 17.5 Å². The third-order valence-corrected chi connectivity index (χ3v) is 5.67. The summed E-state index contributed by atoms with van der Waals surface area (Å²) in [6.45, 7) is 0.598. The van der Waals surface area contributed by atoms with Crippen molar-refractivity contribution in [2.75, 3.05) is 0 Å². The highest BCUT2D eigenvalue weighted by molar-refractivity contribution is 6.30. The molecule has 0 bridgehead atoms. The van der Waals surface area contributed by atoms with Gasteiger partial charge in [0, 0.05) is 31.1 Å². The number of nitrogens with one attached hydrogen (secondary N) is 1. The van der Waals surface area contributed by atoms with E-state index in [0.717, 1.165) is 37.1 Å². The molecule has 1 fully saturated rings. The van der Waals surface area contributed by atoms with E-state index < -0.39 is 5.41 Å². The van der Waals surface area contributed by atoms with Crippen LogP contribution in [0.2, 0.25) is 5.02 Å². The summed E-state index contributed by atoms with van der Waals surface area (Å²) in [4.78, 5) is 24.9. The largest absolute Gasteiger partial charge is 0.353 e. The minimum absolute atomic E-state index is 0.0729. The van der Waals surface area contributed by atoms with Crippen LogP contribution in [-0.4, -0.2) is 26.3 Å². The molecule has 2 aliphatic rings.